The van der Waals surface area contributed by atoms with Gasteiger partial charge in [-0.25, -0.2) is 4.98 Å². The molecule has 102 valence electrons. The second kappa shape index (κ2) is 6.31. The number of nitrogens with one attached hydrogen (secondary N) is 2. The SMILES string of the molecule is CC(C)CNCc1cnc(C2CN(C)CCO2)[nH]1. The average molecular weight is 252 g/mol. The van der Waals surface area contributed by atoms with Gasteiger partial charge in [0.25, 0.3) is 0 Å². The number of aromatic amines is 1. The lowest BCUT2D eigenvalue weighted by Gasteiger charge is -2.28. The maximum absolute atomic E-state index is 5.73. The molecule has 1 aliphatic rings. The van der Waals surface area contributed by atoms with Gasteiger partial charge < -0.3 is 19.9 Å². The standard InChI is InChI=1S/C13H24N4O/c1-10(2)6-14-7-11-8-15-13(16-11)12-9-17(3)4-5-18-12/h8,10,12,14H,4-7,9H2,1-3H3,(H,15,16). The van der Waals surface area contributed by atoms with E-state index in [-0.39, 0.29) is 6.10 Å². The minimum Gasteiger partial charge on any atom is -0.368 e. The van der Waals surface area contributed by atoms with Crippen molar-refractivity contribution in [3.05, 3.63) is 17.7 Å². The van der Waals surface area contributed by atoms with E-state index in [1.54, 1.807) is 0 Å². The Balaban J connectivity index is 1.85. The summed E-state index contributed by atoms with van der Waals surface area (Å²) < 4.78 is 5.73. The van der Waals surface area contributed by atoms with E-state index in [1.165, 1.54) is 0 Å². The highest BCUT2D eigenvalue weighted by molar-refractivity contribution is 5.04. The fraction of sp³-hybridized carbons (Fsp3) is 0.769. The third kappa shape index (κ3) is 3.80. The molecule has 18 heavy (non-hydrogen) atoms. The fourth-order valence-corrected chi connectivity index (χ4v) is 2.07. The molecule has 0 saturated carbocycles. The van der Waals surface area contributed by atoms with E-state index < -0.39 is 0 Å². The summed E-state index contributed by atoms with van der Waals surface area (Å²) in [5.74, 6) is 1.62. The molecule has 2 rings (SSSR count). The van der Waals surface area contributed by atoms with E-state index >= 15 is 0 Å². The Morgan fingerprint density at radius 3 is 3.17 bits per heavy atom. The van der Waals surface area contributed by atoms with Gasteiger partial charge in [-0.15, -0.1) is 0 Å². The highest BCUT2D eigenvalue weighted by Crippen LogP contribution is 2.18. The second-order valence-corrected chi connectivity index (χ2v) is 5.44. The highest BCUT2D eigenvalue weighted by atomic mass is 16.5. The molecular formula is C13H24N4O. The monoisotopic (exact) mass is 252 g/mol. The van der Waals surface area contributed by atoms with Crippen LogP contribution in [0, 0.1) is 5.92 Å². The third-order valence-corrected chi connectivity index (χ3v) is 3.09. The van der Waals surface area contributed by atoms with Crippen LogP contribution in [0.25, 0.3) is 0 Å². The molecule has 1 atom stereocenters. The van der Waals surface area contributed by atoms with E-state index in [0.717, 1.165) is 44.3 Å². The van der Waals surface area contributed by atoms with Gasteiger partial charge in [-0.3, -0.25) is 0 Å². The summed E-state index contributed by atoms with van der Waals surface area (Å²) in [4.78, 5) is 10.0. The summed E-state index contributed by atoms with van der Waals surface area (Å²) in [7, 11) is 2.11. The van der Waals surface area contributed by atoms with E-state index in [2.05, 4.69) is 41.1 Å². The van der Waals surface area contributed by atoms with Crippen LogP contribution in [-0.4, -0.2) is 48.2 Å². The van der Waals surface area contributed by atoms with Crippen LogP contribution in [0.3, 0.4) is 0 Å². The number of hydrogen-bond donors (Lipinski definition) is 2. The van der Waals surface area contributed by atoms with Crippen LogP contribution in [0.4, 0.5) is 0 Å². The maximum Gasteiger partial charge on any atom is 0.136 e. The zero-order chi connectivity index (χ0) is 13.0. The normalized spacial score (nSPS) is 21.7. The Labute approximate surface area is 109 Å². The molecular weight excluding hydrogens is 228 g/mol. The molecule has 0 spiro atoms. The summed E-state index contributed by atoms with van der Waals surface area (Å²) >= 11 is 0. The van der Waals surface area contributed by atoms with Gasteiger partial charge in [-0.05, 0) is 19.5 Å². The number of aromatic nitrogens is 2. The van der Waals surface area contributed by atoms with Crippen LogP contribution in [0.2, 0.25) is 0 Å². The minimum absolute atomic E-state index is 0.0857. The van der Waals surface area contributed by atoms with Crippen LogP contribution in [-0.2, 0) is 11.3 Å². The first-order chi connectivity index (χ1) is 8.65. The Hall–Kier alpha value is -0.910. The van der Waals surface area contributed by atoms with E-state index in [0.29, 0.717) is 5.92 Å². The van der Waals surface area contributed by atoms with Crippen molar-refractivity contribution in [2.24, 2.45) is 5.92 Å². The number of rotatable bonds is 5. The number of imidazole rings is 1. The van der Waals surface area contributed by atoms with Gasteiger partial charge in [-0.1, -0.05) is 13.8 Å². The molecule has 0 radical (unpaired) electrons. The molecule has 1 fully saturated rings. The molecule has 0 aliphatic carbocycles. The van der Waals surface area contributed by atoms with Gasteiger partial charge in [0.15, 0.2) is 0 Å². The lowest BCUT2D eigenvalue weighted by Crippen LogP contribution is -2.35. The Bertz CT molecular complexity index is 364. The number of ether oxygens (including phenoxy) is 1. The van der Waals surface area contributed by atoms with Crippen molar-refractivity contribution in [1.29, 1.82) is 0 Å². The fourth-order valence-electron chi connectivity index (χ4n) is 2.07. The van der Waals surface area contributed by atoms with Crippen LogP contribution in [0.5, 0.6) is 0 Å². The second-order valence-electron chi connectivity index (χ2n) is 5.44. The lowest BCUT2D eigenvalue weighted by molar-refractivity contribution is -0.0251. The highest BCUT2D eigenvalue weighted by Gasteiger charge is 2.21. The number of hydrogen-bond acceptors (Lipinski definition) is 4. The topological polar surface area (TPSA) is 53.2 Å². The van der Waals surface area contributed by atoms with Crippen molar-refractivity contribution < 1.29 is 4.74 Å². The van der Waals surface area contributed by atoms with E-state index in [4.69, 9.17) is 4.74 Å². The number of nitrogens with zero attached hydrogens (tertiary/aromatic N) is 2. The van der Waals surface area contributed by atoms with Crippen LogP contribution in [0.1, 0.15) is 31.5 Å². The summed E-state index contributed by atoms with van der Waals surface area (Å²) in [5, 5.41) is 3.40. The first-order valence-electron chi connectivity index (χ1n) is 6.70. The van der Waals surface area contributed by atoms with Crippen molar-refractivity contribution in [2.45, 2.75) is 26.5 Å². The van der Waals surface area contributed by atoms with Crippen LogP contribution in [0.15, 0.2) is 6.20 Å². The van der Waals surface area contributed by atoms with Crippen LogP contribution < -0.4 is 5.32 Å². The van der Waals surface area contributed by atoms with Gasteiger partial charge in [0.1, 0.15) is 11.9 Å². The van der Waals surface area contributed by atoms with Crippen molar-refractivity contribution in [1.82, 2.24) is 20.2 Å². The zero-order valence-electron chi connectivity index (χ0n) is 11.6. The van der Waals surface area contributed by atoms with Crippen molar-refractivity contribution >= 4 is 0 Å². The van der Waals surface area contributed by atoms with Crippen molar-refractivity contribution in [3.63, 3.8) is 0 Å². The van der Waals surface area contributed by atoms with Gasteiger partial charge in [0.05, 0.1) is 6.61 Å². The minimum atomic E-state index is 0.0857. The average Bonchev–Trinajstić information content (AvgIpc) is 2.77. The predicted octanol–water partition coefficient (Wildman–Crippen LogP) is 1.16. The number of H-pyrrole nitrogens is 1. The van der Waals surface area contributed by atoms with Crippen molar-refractivity contribution in [2.75, 3.05) is 33.3 Å². The molecule has 1 aromatic rings. The third-order valence-electron chi connectivity index (χ3n) is 3.09. The van der Waals surface area contributed by atoms with Crippen molar-refractivity contribution in [3.8, 4) is 0 Å². The Morgan fingerprint density at radius 1 is 1.61 bits per heavy atom. The number of likely N-dealkylation sites (N-methyl/N-ethyl adjacent to an activating group) is 1. The zero-order valence-corrected chi connectivity index (χ0v) is 11.6. The molecule has 1 aliphatic heterocycles. The molecule has 5 heteroatoms. The van der Waals surface area contributed by atoms with Gasteiger partial charge >= 0.3 is 0 Å². The van der Waals surface area contributed by atoms with E-state index in [9.17, 15) is 0 Å². The molecule has 5 nitrogen and oxygen atoms in total. The summed E-state index contributed by atoms with van der Waals surface area (Å²) in [5.41, 5.74) is 1.13. The quantitative estimate of drug-likeness (QED) is 0.825. The predicted molar refractivity (Wildman–Crippen MR) is 71.3 cm³/mol. The van der Waals surface area contributed by atoms with Gasteiger partial charge in [0.2, 0.25) is 0 Å². The Morgan fingerprint density at radius 2 is 2.44 bits per heavy atom. The summed E-state index contributed by atoms with van der Waals surface area (Å²) in [6, 6.07) is 0. The molecule has 2 heterocycles. The first kappa shape index (κ1) is 13.5. The molecule has 1 unspecified atom stereocenters. The summed E-state index contributed by atoms with van der Waals surface area (Å²) in [6.45, 7) is 8.97. The molecule has 1 aromatic heterocycles. The van der Waals surface area contributed by atoms with Gasteiger partial charge in [-0.2, -0.15) is 0 Å². The molecule has 0 amide bonds. The van der Waals surface area contributed by atoms with Crippen LogP contribution >= 0.6 is 0 Å². The maximum atomic E-state index is 5.73. The smallest absolute Gasteiger partial charge is 0.136 e. The van der Waals surface area contributed by atoms with Gasteiger partial charge in [0, 0.05) is 31.5 Å². The molecule has 1 saturated heterocycles. The molecule has 0 aromatic carbocycles. The molecule has 0 bridgehead atoms. The lowest BCUT2D eigenvalue weighted by atomic mass is 10.2. The largest absolute Gasteiger partial charge is 0.368 e. The molecule has 2 N–H and O–H groups in total. The first-order valence-corrected chi connectivity index (χ1v) is 6.70. The summed E-state index contributed by atoms with van der Waals surface area (Å²) in [6.07, 6.45) is 1.99. The van der Waals surface area contributed by atoms with E-state index in [1.807, 2.05) is 6.20 Å². The Kier molecular flexibility index (Phi) is 4.74. The number of morpholine rings is 1.